The van der Waals surface area contributed by atoms with Crippen LogP contribution in [0.5, 0.6) is 11.5 Å². The Balaban J connectivity index is 0.000000426. The number of nitrogens with one attached hydrogen (secondary N) is 1. The molecule has 0 amide bonds. The van der Waals surface area contributed by atoms with Crippen LogP contribution in [-0.2, 0) is 11.2 Å². The molecular weight excluding hydrogens is 524 g/mol. The van der Waals surface area contributed by atoms with E-state index >= 15 is 0 Å². The zero-order chi connectivity index (χ0) is 27.7. The highest BCUT2D eigenvalue weighted by Gasteiger charge is 2.38. The number of hydrogen-bond acceptors (Lipinski definition) is 7. The number of carboxylic acids is 1. The number of hydrogen-bond donors (Lipinski definition) is 3. The number of nitrogen functional groups attached to an aromatic ring is 1. The molecule has 0 saturated carbocycles. The number of halogens is 6. The lowest BCUT2D eigenvalue weighted by atomic mass is 9.96. The van der Waals surface area contributed by atoms with Gasteiger partial charge < -0.3 is 25.3 Å². The van der Waals surface area contributed by atoms with Gasteiger partial charge in [-0.15, -0.1) is 13.2 Å². The lowest BCUT2D eigenvalue weighted by Gasteiger charge is -2.24. The number of anilines is 1. The molecule has 0 aliphatic carbocycles. The fraction of sp³-hybridized carbons (Fsp3) is 0.217. The van der Waals surface area contributed by atoms with Crippen LogP contribution in [0.25, 0.3) is 22.3 Å². The Kier molecular flexibility index (Phi) is 7.02. The maximum absolute atomic E-state index is 12.5. The number of fused-ring (bicyclic) bond motifs is 2. The summed E-state index contributed by atoms with van der Waals surface area (Å²) >= 11 is 0. The summed E-state index contributed by atoms with van der Waals surface area (Å²) in [5, 5.41) is 7.12. The van der Waals surface area contributed by atoms with Crippen molar-refractivity contribution in [2.75, 3.05) is 12.3 Å². The van der Waals surface area contributed by atoms with Crippen molar-refractivity contribution in [2.45, 2.75) is 24.9 Å². The maximum atomic E-state index is 12.5. The number of carboxylic acid groups (broad SMARTS) is 1. The second-order valence-electron chi connectivity index (χ2n) is 7.99. The zero-order valence-corrected chi connectivity index (χ0v) is 19.0. The number of rotatable bonds is 3. The Morgan fingerprint density at radius 2 is 1.82 bits per heavy atom. The van der Waals surface area contributed by atoms with Crippen LogP contribution in [0.15, 0.2) is 48.7 Å². The summed E-state index contributed by atoms with van der Waals surface area (Å²) < 4.78 is 79.1. The second kappa shape index (κ2) is 10.1. The van der Waals surface area contributed by atoms with E-state index in [0.717, 1.165) is 16.6 Å². The third kappa shape index (κ3) is 6.41. The fourth-order valence-electron chi connectivity index (χ4n) is 3.66. The zero-order valence-electron chi connectivity index (χ0n) is 19.0. The smallest absolute Gasteiger partial charge is 0.493 e. The van der Waals surface area contributed by atoms with Crippen molar-refractivity contribution in [2.24, 2.45) is 0 Å². The molecule has 5 rings (SSSR count). The highest BCUT2D eigenvalue weighted by Crippen LogP contribution is 2.36. The predicted molar refractivity (Wildman–Crippen MR) is 120 cm³/mol. The Morgan fingerprint density at radius 3 is 2.47 bits per heavy atom. The highest BCUT2D eigenvalue weighted by atomic mass is 19.4. The normalized spacial score (nSPS) is 15.2. The predicted octanol–water partition coefficient (Wildman–Crippen LogP) is 4.85. The van der Waals surface area contributed by atoms with E-state index in [-0.39, 0.29) is 17.6 Å². The van der Waals surface area contributed by atoms with Crippen LogP contribution >= 0.6 is 0 Å². The largest absolute Gasteiger partial charge is 0.573 e. The first-order valence-electron chi connectivity index (χ1n) is 10.7. The van der Waals surface area contributed by atoms with E-state index in [2.05, 4.69) is 24.7 Å². The van der Waals surface area contributed by atoms with E-state index in [1.54, 1.807) is 12.3 Å². The first-order chi connectivity index (χ1) is 17.8. The molecule has 2 aromatic heterocycles. The number of aliphatic carboxylic acids is 1. The molecule has 1 unspecified atom stereocenters. The molecule has 38 heavy (non-hydrogen) atoms. The summed E-state index contributed by atoms with van der Waals surface area (Å²) in [6.45, 7) is 0.363. The number of aromatic nitrogens is 4. The number of nitrogens with zero attached hydrogens (tertiary/aromatic N) is 3. The van der Waals surface area contributed by atoms with Crippen molar-refractivity contribution in [1.29, 1.82) is 0 Å². The first-order valence-corrected chi connectivity index (χ1v) is 10.7. The Bertz CT molecular complexity index is 1470. The van der Waals surface area contributed by atoms with Crippen molar-refractivity contribution >= 4 is 23.0 Å². The van der Waals surface area contributed by atoms with Crippen LogP contribution in [0.4, 0.5) is 32.3 Å². The minimum atomic E-state index is -5.08. The number of carbonyl (C=O) groups is 1. The average molecular weight is 541 g/mol. The number of imidazole rings is 1. The van der Waals surface area contributed by atoms with Gasteiger partial charge in [0.2, 0.25) is 5.95 Å². The summed E-state index contributed by atoms with van der Waals surface area (Å²) in [7, 11) is 0. The number of aromatic amines is 1. The molecule has 15 heteroatoms. The van der Waals surface area contributed by atoms with E-state index in [0.29, 0.717) is 35.9 Å². The van der Waals surface area contributed by atoms with E-state index < -0.39 is 18.5 Å². The molecule has 0 saturated heterocycles. The Hall–Kier alpha value is -4.56. The van der Waals surface area contributed by atoms with Crippen molar-refractivity contribution < 1.29 is 45.7 Å². The summed E-state index contributed by atoms with van der Waals surface area (Å²) in [6, 6.07) is 11.5. The first kappa shape index (κ1) is 26.5. The molecule has 4 aromatic rings. The lowest BCUT2D eigenvalue weighted by molar-refractivity contribution is -0.274. The van der Waals surface area contributed by atoms with Gasteiger partial charge in [0.25, 0.3) is 0 Å². The third-order valence-corrected chi connectivity index (χ3v) is 5.27. The van der Waals surface area contributed by atoms with Gasteiger partial charge in [-0.05, 0) is 48.4 Å². The average Bonchev–Trinajstić information content (AvgIpc) is 3.26. The van der Waals surface area contributed by atoms with Gasteiger partial charge in [-0.1, -0.05) is 6.07 Å². The molecule has 0 radical (unpaired) electrons. The van der Waals surface area contributed by atoms with Crippen molar-refractivity contribution in [3.8, 4) is 22.8 Å². The molecule has 2 aromatic carbocycles. The molecule has 0 spiro atoms. The monoisotopic (exact) mass is 541 g/mol. The molecule has 0 fully saturated rings. The topological polar surface area (TPSA) is 136 Å². The van der Waals surface area contributed by atoms with Crippen LogP contribution in [0.1, 0.15) is 17.3 Å². The Labute approximate surface area is 209 Å². The number of alkyl halides is 6. The van der Waals surface area contributed by atoms with Crippen LogP contribution in [0.2, 0.25) is 0 Å². The van der Waals surface area contributed by atoms with Gasteiger partial charge in [0, 0.05) is 11.8 Å². The summed E-state index contributed by atoms with van der Waals surface area (Å²) in [5.74, 6) is -1.73. The third-order valence-electron chi connectivity index (χ3n) is 5.27. The standard InChI is InChI=1S/C21H16F3N5O2.C2HF3O2/c22-21(23,24)31-14-2-4-18-12(8-14)7-13(10-30-18)19-27-16-3-1-11(9-17(16)28-19)15-5-6-26-20(25)29-15;3-2(4,5)1(6)7/h1-6,8-9,13H,7,10H2,(H,27,28)(H2,25,26,29);(H,6,7). The van der Waals surface area contributed by atoms with Crippen LogP contribution in [0.3, 0.4) is 0 Å². The quantitative estimate of drug-likeness (QED) is 0.313. The van der Waals surface area contributed by atoms with Gasteiger partial charge in [0.05, 0.1) is 29.3 Å². The molecule has 200 valence electrons. The highest BCUT2D eigenvalue weighted by molar-refractivity contribution is 5.81. The molecule has 1 aliphatic heterocycles. The molecule has 4 N–H and O–H groups in total. The van der Waals surface area contributed by atoms with Crippen LogP contribution < -0.4 is 15.2 Å². The van der Waals surface area contributed by atoms with Gasteiger partial charge in [-0.2, -0.15) is 13.2 Å². The minimum absolute atomic E-state index is 0.140. The van der Waals surface area contributed by atoms with Gasteiger partial charge in [-0.25, -0.2) is 19.7 Å². The number of nitrogens with two attached hydrogens (primary N) is 1. The molecule has 1 aliphatic rings. The van der Waals surface area contributed by atoms with Gasteiger partial charge in [-0.3, -0.25) is 0 Å². The van der Waals surface area contributed by atoms with Crippen molar-refractivity contribution in [1.82, 2.24) is 19.9 Å². The fourth-order valence-corrected chi connectivity index (χ4v) is 3.66. The van der Waals surface area contributed by atoms with E-state index in [4.69, 9.17) is 20.4 Å². The van der Waals surface area contributed by atoms with E-state index in [1.807, 2.05) is 18.2 Å². The van der Waals surface area contributed by atoms with E-state index in [1.165, 1.54) is 18.2 Å². The summed E-state index contributed by atoms with van der Waals surface area (Å²) in [4.78, 5) is 25.0. The van der Waals surface area contributed by atoms with Gasteiger partial charge in [0.15, 0.2) is 0 Å². The lowest BCUT2D eigenvalue weighted by Crippen LogP contribution is -2.21. The number of ether oxygens (including phenoxy) is 2. The molecular formula is C23H17F6N5O4. The number of H-pyrrole nitrogens is 1. The van der Waals surface area contributed by atoms with Crippen LogP contribution in [0, 0.1) is 0 Å². The number of benzene rings is 2. The minimum Gasteiger partial charge on any atom is -0.493 e. The second-order valence-corrected chi connectivity index (χ2v) is 7.99. The molecule has 1 atom stereocenters. The molecule has 3 heterocycles. The van der Waals surface area contributed by atoms with Crippen molar-refractivity contribution in [3.63, 3.8) is 0 Å². The molecule has 0 bridgehead atoms. The Morgan fingerprint density at radius 1 is 1.08 bits per heavy atom. The van der Waals surface area contributed by atoms with Crippen molar-refractivity contribution in [3.05, 3.63) is 60.0 Å². The SMILES string of the molecule is Nc1nccc(-c2ccc3nc(C4COc5ccc(OC(F)(F)F)cc5C4)[nH]c3c2)n1.O=C(O)C(F)(F)F. The van der Waals surface area contributed by atoms with Crippen LogP contribution in [-0.4, -0.2) is 50.2 Å². The summed E-state index contributed by atoms with van der Waals surface area (Å²) in [5.41, 5.74) is 9.42. The maximum Gasteiger partial charge on any atom is 0.573 e. The summed E-state index contributed by atoms with van der Waals surface area (Å²) in [6.07, 6.45) is -7.76. The molecule has 9 nitrogen and oxygen atoms in total. The van der Waals surface area contributed by atoms with Gasteiger partial charge in [0.1, 0.15) is 17.3 Å². The van der Waals surface area contributed by atoms with Gasteiger partial charge >= 0.3 is 18.5 Å². The van der Waals surface area contributed by atoms with E-state index in [9.17, 15) is 26.3 Å².